The van der Waals surface area contributed by atoms with Crippen molar-refractivity contribution in [2.45, 2.75) is 39.2 Å². The van der Waals surface area contributed by atoms with Crippen molar-refractivity contribution in [3.8, 4) is 5.75 Å². The quantitative estimate of drug-likeness (QED) is 0.851. The zero-order chi connectivity index (χ0) is 14.0. The van der Waals surface area contributed by atoms with Crippen molar-refractivity contribution in [3.05, 3.63) is 39.9 Å². The van der Waals surface area contributed by atoms with Crippen LogP contribution in [0.4, 0.5) is 0 Å². The summed E-state index contributed by atoms with van der Waals surface area (Å²) in [4.78, 5) is 0. The van der Waals surface area contributed by atoms with Crippen LogP contribution in [-0.2, 0) is 6.42 Å². The third kappa shape index (κ3) is 3.83. The lowest BCUT2D eigenvalue weighted by molar-refractivity contribution is 0.299. The number of nitrogens with two attached hydrogens (primary N) is 1. The highest BCUT2D eigenvalue weighted by atomic mass is 79.9. The third-order valence-electron chi connectivity index (χ3n) is 3.59. The molecule has 1 aliphatic carbocycles. The molecule has 1 aromatic rings. The molecular formula is C16H22BrNO. The van der Waals surface area contributed by atoms with Gasteiger partial charge in [-0.1, -0.05) is 31.6 Å². The van der Waals surface area contributed by atoms with E-state index in [1.165, 1.54) is 11.1 Å². The number of hydrogen-bond acceptors (Lipinski definition) is 2. The largest absolute Gasteiger partial charge is 0.496 e. The van der Waals surface area contributed by atoms with Crippen molar-refractivity contribution >= 4 is 15.9 Å². The molecule has 19 heavy (non-hydrogen) atoms. The lowest BCUT2D eigenvalue weighted by atomic mass is 9.74. The van der Waals surface area contributed by atoms with E-state index >= 15 is 0 Å². The van der Waals surface area contributed by atoms with Crippen LogP contribution in [0.3, 0.4) is 0 Å². The minimum atomic E-state index is 0.195. The fourth-order valence-corrected chi connectivity index (χ4v) is 3.54. The highest BCUT2D eigenvalue weighted by molar-refractivity contribution is 9.10. The summed E-state index contributed by atoms with van der Waals surface area (Å²) in [6.45, 7) is 4.59. The molecule has 0 amide bonds. The van der Waals surface area contributed by atoms with Crippen LogP contribution in [0, 0.1) is 5.41 Å². The molecule has 2 nitrogen and oxygen atoms in total. The number of hydrogen-bond donors (Lipinski definition) is 1. The van der Waals surface area contributed by atoms with E-state index < -0.39 is 0 Å². The van der Waals surface area contributed by atoms with Crippen LogP contribution < -0.4 is 10.5 Å². The average Bonchev–Trinajstić information content (AvgIpc) is 2.26. The van der Waals surface area contributed by atoms with Gasteiger partial charge in [-0.25, -0.2) is 0 Å². The molecule has 0 radical (unpaired) electrons. The third-order valence-corrected chi connectivity index (χ3v) is 4.21. The fourth-order valence-electron chi connectivity index (χ4n) is 2.95. The van der Waals surface area contributed by atoms with Gasteiger partial charge in [0.2, 0.25) is 0 Å². The van der Waals surface area contributed by atoms with Crippen molar-refractivity contribution in [2.75, 3.05) is 7.11 Å². The lowest BCUT2D eigenvalue weighted by Gasteiger charge is -2.33. The van der Waals surface area contributed by atoms with E-state index in [-0.39, 0.29) is 6.04 Å². The van der Waals surface area contributed by atoms with Crippen molar-refractivity contribution in [2.24, 2.45) is 11.1 Å². The fraction of sp³-hybridized carbons (Fsp3) is 0.500. The summed E-state index contributed by atoms with van der Waals surface area (Å²) in [6.07, 6.45) is 5.41. The Morgan fingerprint density at radius 3 is 2.74 bits per heavy atom. The Labute approximate surface area is 124 Å². The molecule has 0 spiro atoms. The number of ether oxygens (including phenoxy) is 1. The number of halogens is 1. The summed E-state index contributed by atoms with van der Waals surface area (Å²) in [7, 11) is 1.69. The van der Waals surface area contributed by atoms with Gasteiger partial charge in [0.1, 0.15) is 5.75 Å². The molecule has 0 aromatic heterocycles. The zero-order valence-electron chi connectivity index (χ0n) is 11.9. The first kappa shape index (κ1) is 14.6. The first-order valence-corrected chi connectivity index (χ1v) is 7.46. The summed E-state index contributed by atoms with van der Waals surface area (Å²) < 4.78 is 6.27. The van der Waals surface area contributed by atoms with E-state index in [1.54, 1.807) is 7.11 Å². The van der Waals surface area contributed by atoms with Crippen molar-refractivity contribution in [3.63, 3.8) is 0 Å². The molecule has 1 aliphatic rings. The molecule has 1 aromatic carbocycles. The minimum Gasteiger partial charge on any atom is -0.496 e. The Kier molecular flexibility index (Phi) is 4.36. The second-order valence-corrected chi connectivity index (χ2v) is 7.03. The molecule has 0 saturated carbocycles. The Morgan fingerprint density at radius 2 is 2.16 bits per heavy atom. The molecule has 0 aliphatic heterocycles. The van der Waals surface area contributed by atoms with Gasteiger partial charge in [-0.05, 0) is 58.3 Å². The maximum Gasteiger partial charge on any atom is 0.133 e. The number of allylic oxidation sites excluding steroid dienone is 1. The van der Waals surface area contributed by atoms with E-state index in [4.69, 9.17) is 10.5 Å². The van der Waals surface area contributed by atoms with Crippen LogP contribution in [0.2, 0.25) is 0 Å². The Morgan fingerprint density at radius 1 is 1.42 bits per heavy atom. The first-order valence-electron chi connectivity index (χ1n) is 6.67. The lowest BCUT2D eigenvalue weighted by Crippen LogP contribution is -2.31. The topological polar surface area (TPSA) is 35.2 Å². The van der Waals surface area contributed by atoms with E-state index in [1.807, 2.05) is 6.07 Å². The van der Waals surface area contributed by atoms with E-state index in [9.17, 15) is 0 Å². The molecule has 2 N–H and O–H groups in total. The van der Waals surface area contributed by atoms with Gasteiger partial charge in [-0.3, -0.25) is 0 Å². The molecule has 104 valence electrons. The van der Waals surface area contributed by atoms with Crippen LogP contribution in [-0.4, -0.2) is 13.2 Å². The van der Waals surface area contributed by atoms with Crippen molar-refractivity contribution < 1.29 is 4.74 Å². The number of benzene rings is 1. The predicted molar refractivity (Wildman–Crippen MR) is 83.5 cm³/mol. The van der Waals surface area contributed by atoms with E-state index in [0.717, 1.165) is 29.5 Å². The van der Waals surface area contributed by atoms with Crippen LogP contribution in [0.5, 0.6) is 5.75 Å². The average molecular weight is 324 g/mol. The minimum absolute atomic E-state index is 0.195. The first-order chi connectivity index (χ1) is 8.89. The molecule has 0 fully saturated rings. The highest BCUT2D eigenvalue weighted by Crippen LogP contribution is 2.36. The monoisotopic (exact) mass is 323 g/mol. The standard InChI is InChI=1S/C16H22BrNO/c1-16(2)9-12(7-13(18)10-16)6-11-4-5-15(19-3)14(17)8-11/h4-5,7-8,13H,6,9-10,18H2,1-3H3. The van der Waals surface area contributed by atoms with Gasteiger partial charge >= 0.3 is 0 Å². The zero-order valence-corrected chi connectivity index (χ0v) is 13.5. The molecule has 3 heteroatoms. The Hall–Kier alpha value is -0.800. The maximum atomic E-state index is 6.12. The second kappa shape index (κ2) is 5.68. The Balaban J connectivity index is 2.15. The summed E-state index contributed by atoms with van der Waals surface area (Å²) in [6, 6.07) is 6.46. The van der Waals surface area contributed by atoms with Gasteiger partial charge in [0.25, 0.3) is 0 Å². The SMILES string of the molecule is COc1ccc(CC2=CC(N)CC(C)(C)C2)cc1Br. The van der Waals surface area contributed by atoms with E-state index in [2.05, 4.69) is 48.0 Å². The predicted octanol–water partition coefficient (Wildman–Crippen LogP) is 4.07. The normalized spacial score (nSPS) is 21.9. The molecule has 0 saturated heterocycles. The summed E-state index contributed by atoms with van der Waals surface area (Å²) >= 11 is 3.54. The van der Waals surface area contributed by atoms with Gasteiger partial charge < -0.3 is 10.5 Å². The molecule has 1 atom stereocenters. The number of rotatable bonds is 3. The summed E-state index contributed by atoms with van der Waals surface area (Å²) in [5, 5.41) is 0. The van der Waals surface area contributed by atoms with Gasteiger partial charge in [0, 0.05) is 6.04 Å². The smallest absolute Gasteiger partial charge is 0.133 e. The van der Waals surface area contributed by atoms with Crippen LogP contribution >= 0.6 is 15.9 Å². The molecule has 0 heterocycles. The number of methoxy groups -OCH3 is 1. The van der Waals surface area contributed by atoms with E-state index in [0.29, 0.717) is 5.41 Å². The van der Waals surface area contributed by atoms with Crippen LogP contribution in [0.1, 0.15) is 32.3 Å². The molecular weight excluding hydrogens is 302 g/mol. The Bertz CT molecular complexity index is 494. The van der Waals surface area contributed by atoms with Crippen LogP contribution in [0.15, 0.2) is 34.3 Å². The van der Waals surface area contributed by atoms with Crippen molar-refractivity contribution in [1.29, 1.82) is 0 Å². The summed E-state index contributed by atoms with van der Waals surface area (Å²) in [5.74, 6) is 0.874. The second-order valence-electron chi connectivity index (χ2n) is 6.18. The molecule has 2 rings (SSSR count). The maximum absolute atomic E-state index is 6.12. The highest BCUT2D eigenvalue weighted by Gasteiger charge is 2.26. The summed E-state index contributed by atoms with van der Waals surface area (Å²) in [5.41, 5.74) is 9.18. The van der Waals surface area contributed by atoms with Gasteiger partial charge in [0.15, 0.2) is 0 Å². The van der Waals surface area contributed by atoms with Crippen LogP contribution in [0.25, 0.3) is 0 Å². The molecule has 1 unspecified atom stereocenters. The van der Waals surface area contributed by atoms with Gasteiger partial charge in [0.05, 0.1) is 11.6 Å². The van der Waals surface area contributed by atoms with Gasteiger partial charge in [-0.2, -0.15) is 0 Å². The van der Waals surface area contributed by atoms with Crippen molar-refractivity contribution in [1.82, 2.24) is 0 Å². The van der Waals surface area contributed by atoms with Gasteiger partial charge in [-0.15, -0.1) is 0 Å². The molecule has 0 bridgehead atoms.